The van der Waals surface area contributed by atoms with Gasteiger partial charge in [0, 0.05) is 50.8 Å². The Balaban J connectivity index is 1.27. The highest BCUT2D eigenvalue weighted by Gasteiger charge is 2.22. The van der Waals surface area contributed by atoms with Gasteiger partial charge in [-0.25, -0.2) is 9.78 Å². The molecule has 0 aliphatic carbocycles. The second-order valence-corrected chi connectivity index (χ2v) is 7.98. The van der Waals surface area contributed by atoms with Gasteiger partial charge in [0.2, 0.25) is 0 Å². The molecule has 3 aromatic rings. The fourth-order valence-corrected chi connectivity index (χ4v) is 3.88. The van der Waals surface area contributed by atoms with Crippen molar-refractivity contribution < 1.29 is 4.79 Å². The molecule has 1 aliphatic heterocycles. The third-order valence-electron chi connectivity index (χ3n) is 5.68. The van der Waals surface area contributed by atoms with E-state index in [0.717, 1.165) is 44.0 Å². The molecule has 1 N–H and O–H groups in total. The van der Waals surface area contributed by atoms with Crippen LogP contribution >= 0.6 is 0 Å². The van der Waals surface area contributed by atoms with E-state index in [2.05, 4.69) is 58.5 Å². The molecule has 2 amide bonds. The molecule has 1 saturated heterocycles. The average molecular weight is 404 g/mol. The molecule has 30 heavy (non-hydrogen) atoms. The predicted molar refractivity (Wildman–Crippen MR) is 119 cm³/mol. The number of carbonyl (C=O) groups is 1. The third kappa shape index (κ3) is 4.89. The summed E-state index contributed by atoms with van der Waals surface area (Å²) in [5.41, 5.74) is 4.77. The number of urea groups is 1. The normalized spacial score (nSPS) is 15.7. The monoisotopic (exact) mass is 403 g/mol. The summed E-state index contributed by atoms with van der Waals surface area (Å²) in [5.74, 6) is 0. The summed E-state index contributed by atoms with van der Waals surface area (Å²) in [6, 6.07) is 16.8. The van der Waals surface area contributed by atoms with Gasteiger partial charge in [-0.2, -0.15) is 0 Å². The second kappa shape index (κ2) is 9.13. The first kappa shape index (κ1) is 20.2. The quantitative estimate of drug-likeness (QED) is 0.706. The minimum absolute atomic E-state index is 0.0105. The van der Waals surface area contributed by atoms with Gasteiger partial charge in [-0.1, -0.05) is 42.0 Å². The van der Waals surface area contributed by atoms with Crippen molar-refractivity contribution in [1.82, 2.24) is 24.7 Å². The average Bonchev–Trinajstić information content (AvgIpc) is 3.29. The molecule has 1 atom stereocenters. The van der Waals surface area contributed by atoms with Crippen molar-refractivity contribution in [1.29, 1.82) is 0 Å². The minimum atomic E-state index is -0.0420. The van der Waals surface area contributed by atoms with Crippen LogP contribution in [0.15, 0.2) is 67.3 Å². The Bertz CT molecular complexity index is 960. The van der Waals surface area contributed by atoms with Crippen LogP contribution in [-0.4, -0.2) is 51.6 Å². The first-order chi connectivity index (χ1) is 14.6. The van der Waals surface area contributed by atoms with Gasteiger partial charge in [-0.3, -0.25) is 4.90 Å². The van der Waals surface area contributed by atoms with E-state index >= 15 is 0 Å². The Labute approximate surface area is 178 Å². The maximum Gasteiger partial charge on any atom is 0.317 e. The van der Waals surface area contributed by atoms with E-state index < -0.39 is 0 Å². The number of rotatable bonds is 5. The number of carbonyl (C=O) groups excluding carboxylic acids is 1. The Morgan fingerprint density at radius 1 is 1.10 bits per heavy atom. The Morgan fingerprint density at radius 2 is 1.87 bits per heavy atom. The molecule has 1 aliphatic rings. The number of piperazine rings is 1. The van der Waals surface area contributed by atoms with Gasteiger partial charge in [0.05, 0.1) is 12.4 Å². The van der Waals surface area contributed by atoms with Gasteiger partial charge in [0.15, 0.2) is 0 Å². The smallest absolute Gasteiger partial charge is 0.317 e. The zero-order valence-electron chi connectivity index (χ0n) is 17.7. The molecule has 1 aromatic heterocycles. The molecule has 1 fully saturated rings. The number of aromatic nitrogens is 2. The van der Waals surface area contributed by atoms with Crippen LogP contribution < -0.4 is 5.32 Å². The van der Waals surface area contributed by atoms with Crippen LogP contribution in [0.1, 0.15) is 29.7 Å². The zero-order chi connectivity index (χ0) is 20.9. The van der Waals surface area contributed by atoms with Crippen LogP contribution in [0.5, 0.6) is 0 Å². The lowest BCUT2D eigenvalue weighted by atomic mass is 10.1. The highest BCUT2D eigenvalue weighted by molar-refractivity contribution is 5.74. The van der Waals surface area contributed by atoms with Gasteiger partial charge in [0.1, 0.15) is 0 Å². The van der Waals surface area contributed by atoms with Crippen LogP contribution in [0, 0.1) is 6.92 Å². The van der Waals surface area contributed by atoms with E-state index in [0.29, 0.717) is 0 Å². The standard InChI is InChI=1S/C24H29N5O/c1-19-4-3-5-21(16-19)17-27-12-14-28(15-13-27)24(30)26-20(2)22-6-8-23(9-7-22)29-11-10-25-18-29/h3-11,16,18,20H,12-15,17H2,1-2H3,(H,26,30). The van der Waals surface area contributed by atoms with E-state index in [1.165, 1.54) is 11.1 Å². The van der Waals surface area contributed by atoms with Crippen molar-refractivity contribution in [2.45, 2.75) is 26.4 Å². The molecule has 0 saturated carbocycles. The summed E-state index contributed by atoms with van der Waals surface area (Å²) >= 11 is 0. The first-order valence-corrected chi connectivity index (χ1v) is 10.5. The maximum absolute atomic E-state index is 12.7. The summed E-state index contributed by atoms with van der Waals surface area (Å²) < 4.78 is 1.96. The number of imidazole rings is 1. The van der Waals surface area contributed by atoms with Crippen LogP contribution in [0.25, 0.3) is 5.69 Å². The van der Waals surface area contributed by atoms with Gasteiger partial charge in [0.25, 0.3) is 0 Å². The number of hydrogen-bond donors (Lipinski definition) is 1. The highest BCUT2D eigenvalue weighted by Crippen LogP contribution is 2.17. The molecule has 6 heteroatoms. The Morgan fingerprint density at radius 3 is 2.53 bits per heavy atom. The number of aryl methyl sites for hydroxylation is 1. The van der Waals surface area contributed by atoms with Crippen LogP contribution in [0.2, 0.25) is 0 Å². The lowest BCUT2D eigenvalue weighted by molar-refractivity contribution is 0.133. The topological polar surface area (TPSA) is 53.4 Å². The fourth-order valence-electron chi connectivity index (χ4n) is 3.88. The van der Waals surface area contributed by atoms with E-state index in [-0.39, 0.29) is 12.1 Å². The SMILES string of the molecule is Cc1cccc(CN2CCN(C(=O)NC(C)c3ccc(-n4ccnc4)cc3)CC2)c1. The third-order valence-corrected chi connectivity index (χ3v) is 5.68. The van der Waals surface area contributed by atoms with Gasteiger partial charge in [-0.05, 0) is 37.1 Å². The van der Waals surface area contributed by atoms with E-state index in [4.69, 9.17) is 0 Å². The van der Waals surface area contributed by atoms with Crippen molar-refractivity contribution in [2.24, 2.45) is 0 Å². The zero-order valence-corrected chi connectivity index (χ0v) is 17.7. The van der Waals surface area contributed by atoms with E-state index in [1.54, 1.807) is 12.5 Å². The lowest BCUT2D eigenvalue weighted by Gasteiger charge is -2.35. The molecule has 4 rings (SSSR count). The molecule has 0 spiro atoms. The minimum Gasteiger partial charge on any atom is -0.331 e. The first-order valence-electron chi connectivity index (χ1n) is 10.5. The summed E-state index contributed by atoms with van der Waals surface area (Å²) in [6.45, 7) is 8.39. The summed E-state index contributed by atoms with van der Waals surface area (Å²) in [7, 11) is 0. The molecule has 156 valence electrons. The molecule has 0 radical (unpaired) electrons. The highest BCUT2D eigenvalue weighted by atomic mass is 16.2. The van der Waals surface area contributed by atoms with Crippen molar-refractivity contribution >= 4 is 6.03 Å². The number of hydrogen-bond acceptors (Lipinski definition) is 3. The summed E-state index contributed by atoms with van der Waals surface area (Å²) in [5, 5.41) is 3.14. The number of nitrogens with one attached hydrogen (secondary N) is 1. The van der Waals surface area contributed by atoms with Crippen molar-refractivity contribution in [2.75, 3.05) is 26.2 Å². The van der Waals surface area contributed by atoms with Crippen LogP contribution in [-0.2, 0) is 6.54 Å². The molecule has 1 unspecified atom stereocenters. The van der Waals surface area contributed by atoms with Crippen molar-refractivity contribution in [3.8, 4) is 5.69 Å². The molecular formula is C24H29N5O. The lowest BCUT2D eigenvalue weighted by Crippen LogP contribution is -2.51. The fraction of sp³-hybridized carbons (Fsp3) is 0.333. The summed E-state index contributed by atoms with van der Waals surface area (Å²) in [6.07, 6.45) is 5.45. The number of nitrogens with zero attached hydrogens (tertiary/aromatic N) is 4. The molecular weight excluding hydrogens is 374 g/mol. The Hall–Kier alpha value is -3.12. The number of benzene rings is 2. The summed E-state index contributed by atoms with van der Waals surface area (Å²) in [4.78, 5) is 21.1. The van der Waals surface area contributed by atoms with Crippen molar-refractivity contribution in [3.63, 3.8) is 0 Å². The molecule has 6 nitrogen and oxygen atoms in total. The largest absolute Gasteiger partial charge is 0.331 e. The molecule has 2 aromatic carbocycles. The number of amides is 2. The van der Waals surface area contributed by atoms with Gasteiger partial charge < -0.3 is 14.8 Å². The Kier molecular flexibility index (Phi) is 6.14. The predicted octanol–water partition coefficient (Wildman–Crippen LogP) is 3.77. The van der Waals surface area contributed by atoms with Gasteiger partial charge in [-0.15, -0.1) is 0 Å². The van der Waals surface area contributed by atoms with Crippen molar-refractivity contribution in [3.05, 3.63) is 83.9 Å². The second-order valence-electron chi connectivity index (χ2n) is 7.98. The van der Waals surface area contributed by atoms with E-state index in [9.17, 15) is 4.79 Å². The van der Waals surface area contributed by atoms with Crippen LogP contribution in [0.4, 0.5) is 4.79 Å². The maximum atomic E-state index is 12.7. The van der Waals surface area contributed by atoms with E-state index in [1.807, 2.05) is 34.7 Å². The van der Waals surface area contributed by atoms with Crippen LogP contribution in [0.3, 0.4) is 0 Å². The van der Waals surface area contributed by atoms with Gasteiger partial charge >= 0.3 is 6.03 Å². The molecule has 0 bridgehead atoms. The molecule has 2 heterocycles.